The lowest BCUT2D eigenvalue weighted by Gasteiger charge is -2.06. The Balaban J connectivity index is 0.000000421. The summed E-state index contributed by atoms with van der Waals surface area (Å²) in [5, 5.41) is 35.0. The van der Waals surface area contributed by atoms with Gasteiger partial charge in [0.1, 0.15) is 0 Å². The van der Waals surface area contributed by atoms with E-state index < -0.39 is 14.2 Å². The van der Waals surface area contributed by atoms with E-state index in [-0.39, 0.29) is 11.3 Å². The fraction of sp³-hybridized carbons (Fsp3) is 0.333. The van der Waals surface area contributed by atoms with Crippen LogP contribution in [0.1, 0.15) is 19.5 Å². The molecule has 2 rings (SSSR count). The monoisotopic (exact) mass is 350 g/mol. The highest BCUT2D eigenvalue weighted by Crippen LogP contribution is 2.03. The zero-order valence-corrected chi connectivity index (χ0v) is 15.0. The molecule has 0 spiro atoms. The second-order valence-corrected chi connectivity index (χ2v) is 4.43. The van der Waals surface area contributed by atoms with Gasteiger partial charge in [-0.05, 0) is 19.1 Å². The number of pyridine rings is 2. The van der Waals surface area contributed by atoms with Gasteiger partial charge in [-0.1, -0.05) is 26.0 Å². The van der Waals surface area contributed by atoms with Crippen molar-refractivity contribution in [1.82, 2.24) is 9.97 Å². The van der Waals surface area contributed by atoms with Gasteiger partial charge in [-0.15, -0.1) is 0 Å². The fourth-order valence-electron chi connectivity index (χ4n) is 1.57. The van der Waals surface area contributed by atoms with E-state index >= 15 is 0 Å². The van der Waals surface area contributed by atoms with Gasteiger partial charge in [0, 0.05) is 22.8 Å². The van der Waals surface area contributed by atoms with Crippen molar-refractivity contribution in [1.29, 1.82) is 0 Å². The first-order valence-corrected chi connectivity index (χ1v) is 7.62. The minimum absolute atomic E-state index is 0.255. The number of aryl methyl sites for hydroxylation is 1. The average molecular weight is 350 g/mol. The number of ether oxygens (including phenoxy) is 2. The highest BCUT2D eigenvalue weighted by Gasteiger charge is 2.17. The van der Waals surface area contributed by atoms with Crippen LogP contribution in [-0.4, -0.2) is 58.5 Å². The molecule has 0 aliphatic rings. The minimum Gasteiger partial charge on any atom is -0.481 e. The van der Waals surface area contributed by atoms with Crippen LogP contribution in [0, 0.1) is 6.92 Å². The summed E-state index contributed by atoms with van der Waals surface area (Å²) in [4.78, 5) is 7.75. The third-order valence-electron chi connectivity index (χ3n) is 2.77. The quantitative estimate of drug-likeness (QED) is 0.511. The van der Waals surface area contributed by atoms with Gasteiger partial charge in [0.25, 0.3) is 0 Å². The van der Waals surface area contributed by atoms with E-state index in [9.17, 15) is 0 Å². The van der Waals surface area contributed by atoms with Crippen molar-refractivity contribution < 1.29 is 29.6 Å². The molecule has 0 amide bonds. The van der Waals surface area contributed by atoms with Gasteiger partial charge in [-0.25, -0.2) is 9.97 Å². The van der Waals surface area contributed by atoms with Crippen molar-refractivity contribution in [3.8, 4) is 11.8 Å². The van der Waals surface area contributed by atoms with Crippen molar-refractivity contribution in [2.75, 3.05) is 14.2 Å². The van der Waals surface area contributed by atoms with Gasteiger partial charge in [0.15, 0.2) is 0 Å². The summed E-state index contributed by atoms with van der Waals surface area (Å²) in [6.45, 7) is 5.80. The number of hydrogen-bond acceptors (Lipinski definition) is 8. The van der Waals surface area contributed by atoms with Crippen LogP contribution in [0.3, 0.4) is 0 Å². The molecule has 0 bridgehead atoms. The normalized spacial score (nSPS) is 9.00. The summed E-state index contributed by atoms with van der Waals surface area (Å²) in [5.41, 5.74) is 1.41. The molecule has 0 aromatic carbocycles. The molecule has 0 saturated carbocycles. The summed E-state index contributed by atoms with van der Waals surface area (Å²) < 4.78 is 9.63. The Morgan fingerprint density at radius 3 is 1.92 bits per heavy atom. The summed E-state index contributed by atoms with van der Waals surface area (Å²) in [7, 11) is -0.0631. The van der Waals surface area contributed by atoms with Gasteiger partial charge in [0.05, 0.1) is 14.2 Å². The van der Waals surface area contributed by atoms with Crippen LogP contribution in [0.15, 0.2) is 30.5 Å². The molecule has 10 heteroatoms. The SMILES string of the molecule is CC.COc1ccc(B(O)O)cn1.COc1nc(C)ccc1B(O)O. The smallest absolute Gasteiger partial charge is 0.481 e. The summed E-state index contributed by atoms with van der Waals surface area (Å²) in [6, 6.07) is 6.37. The Kier molecular flexibility index (Phi) is 11.2. The predicted molar refractivity (Wildman–Crippen MR) is 97.3 cm³/mol. The molecule has 0 unspecified atom stereocenters. The van der Waals surface area contributed by atoms with Gasteiger partial charge in [0.2, 0.25) is 11.8 Å². The first-order chi connectivity index (χ1) is 11.9. The predicted octanol–water partition coefficient (Wildman–Crippen LogP) is -1.13. The van der Waals surface area contributed by atoms with Crippen molar-refractivity contribution >= 4 is 25.2 Å². The molecule has 0 aliphatic carbocycles. The Bertz CT molecular complexity index is 611. The molecular formula is C15H24B2N2O6. The van der Waals surface area contributed by atoms with E-state index in [1.54, 1.807) is 25.1 Å². The van der Waals surface area contributed by atoms with Gasteiger partial charge >= 0.3 is 14.2 Å². The Labute approximate surface area is 148 Å². The lowest BCUT2D eigenvalue weighted by atomic mass is 9.81. The largest absolute Gasteiger partial charge is 0.494 e. The summed E-state index contributed by atoms with van der Waals surface area (Å²) >= 11 is 0. The van der Waals surface area contributed by atoms with Gasteiger partial charge in [-0.3, -0.25) is 0 Å². The molecule has 2 aromatic heterocycles. The van der Waals surface area contributed by atoms with Crippen LogP contribution in [0.25, 0.3) is 0 Å². The molecule has 2 aromatic rings. The number of rotatable bonds is 4. The number of nitrogens with zero attached hydrogens (tertiary/aromatic N) is 2. The van der Waals surface area contributed by atoms with Crippen molar-refractivity contribution in [3.05, 3.63) is 36.2 Å². The highest BCUT2D eigenvalue weighted by atomic mass is 16.5. The maximum Gasteiger partial charge on any atom is 0.494 e. The fourth-order valence-corrected chi connectivity index (χ4v) is 1.57. The molecule has 8 nitrogen and oxygen atoms in total. The standard InChI is InChI=1S/C7H10BNO3.C6H8BNO3.C2H6/c1-5-3-4-6(8(10)11)7(9-5)12-2;1-11-6-3-2-5(4-8-6)7(9)10;1-2/h3-4,10-11H,1-2H3;2-4,9-10H,1H3;1-2H3. The van der Waals surface area contributed by atoms with Crippen molar-refractivity contribution in [2.45, 2.75) is 20.8 Å². The van der Waals surface area contributed by atoms with Crippen LogP contribution in [0.5, 0.6) is 11.8 Å². The van der Waals surface area contributed by atoms with Crippen LogP contribution >= 0.6 is 0 Å². The topological polar surface area (TPSA) is 125 Å². The zero-order chi connectivity index (χ0) is 19.4. The first kappa shape index (κ1) is 22.9. The van der Waals surface area contributed by atoms with E-state index in [2.05, 4.69) is 9.97 Å². The first-order valence-electron chi connectivity index (χ1n) is 7.62. The third kappa shape index (κ3) is 7.99. The lowest BCUT2D eigenvalue weighted by molar-refractivity contribution is 0.390. The zero-order valence-electron chi connectivity index (χ0n) is 15.0. The molecule has 0 saturated heterocycles. The van der Waals surface area contributed by atoms with Crippen molar-refractivity contribution in [3.63, 3.8) is 0 Å². The number of methoxy groups -OCH3 is 2. The minimum atomic E-state index is -1.53. The number of aromatic nitrogens is 2. The molecule has 25 heavy (non-hydrogen) atoms. The van der Waals surface area contributed by atoms with E-state index in [1.807, 2.05) is 13.8 Å². The van der Waals surface area contributed by atoms with E-state index in [0.717, 1.165) is 5.69 Å². The average Bonchev–Trinajstić information content (AvgIpc) is 2.63. The maximum atomic E-state index is 8.86. The summed E-state index contributed by atoms with van der Waals surface area (Å²) in [5.74, 6) is 0.708. The van der Waals surface area contributed by atoms with Crippen molar-refractivity contribution in [2.24, 2.45) is 0 Å². The molecule has 0 radical (unpaired) electrons. The summed E-state index contributed by atoms with van der Waals surface area (Å²) in [6.07, 6.45) is 1.35. The highest BCUT2D eigenvalue weighted by molar-refractivity contribution is 6.59. The van der Waals surface area contributed by atoms with E-state index in [1.165, 1.54) is 26.5 Å². The number of hydrogen-bond donors (Lipinski definition) is 4. The van der Waals surface area contributed by atoms with Gasteiger partial charge < -0.3 is 29.6 Å². The van der Waals surface area contributed by atoms with E-state index in [0.29, 0.717) is 11.3 Å². The molecule has 0 atom stereocenters. The Morgan fingerprint density at radius 1 is 0.880 bits per heavy atom. The Morgan fingerprint density at radius 2 is 1.52 bits per heavy atom. The molecule has 2 heterocycles. The van der Waals surface area contributed by atoms with Crippen LogP contribution in [0.2, 0.25) is 0 Å². The van der Waals surface area contributed by atoms with E-state index in [4.69, 9.17) is 29.6 Å². The van der Waals surface area contributed by atoms with Crippen LogP contribution in [-0.2, 0) is 0 Å². The molecule has 4 N–H and O–H groups in total. The second-order valence-electron chi connectivity index (χ2n) is 4.43. The molecule has 136 valence electrons. The lowest BCUT2D eigenvalue weighted by Crippen LogP contribution is -2.31. The second kappa shape index (κ2) is 12.3. The van der Waals surface area contributed by atoms with Crippen LogP contribution < -0.4 is 20.4 Å². The third-order valence-corrected chi connectivity index (χ3v) is 2.77. The molecule has 0 aliphatic heterocycles. The Hall–Kier alpha value is -2.13. The van der Waals surface area contributed by atoms with Gasteiger partial charge in [-0.2, -0.15) is 0 Å². The molecular weight excluding hydrogens is 326 g/mol. The molecule has 0 fully saturated rings. The maximum absolute atomic E-state index is 8.86. The van der Waals surface area contributed by atoms with Crippen LogP contribution in [0.4, 0.5) is 0 Å².